The highest BCUT2D eigenvalue weighted by Gasteiger charge is 2.31. The Morgan fingerprint density at radius 2 is 1.48 bits per heavy atom. The average Bonchev–Trinajstić information content (AvgIpc) is 2.68. The van der Waals surface area contributed by atoms with Crippen molar-refractivity contribution in [1.29, 1.82) is 0 Å². The lowest BCUT2D eigenvalue weighted by Crippen LogP contribution is -2.46. The lowest BCUT2D eigenvalue weighted by Gasteiger charge is -2.36. The molecule has 4 rings (SSSR count). The molecule has 1 aliphatic heterocycles. The molecule has 0 aromatic heterocycles. The maximum atomic E-state index is 12.9. The van der Waals surface area contributed by atoms with Crippen LogP contribution < -0.4 is 4.90 Å². The highest BCUT2D eigenvalue weighted by atomic mass is 19.4. The number of nitrogens with zero attached hydrogens (tertiary/aromatic N) is 2. The fraction of sp³-hybridized carbons (Fsp3) is 0.273. The van der Waals surface area contributed by atoms with Crippen molar-refractivity contribution >= 4 is 16.5 Å². The summed E-state index contributed by atoms with van der Waals surface area (Å²) in [7, 11) is 0. The van der Waals surface area contributed by atoms with Crippen LogP contribution in [0.3, 0.4) is 0 Å². The minimum atomic E-state index is -4.30. The molecule has 140 valence electrons. The zero-order valence-electron chi connectivity index (χ0n) is 14.9. The molecule has 0 aliphatic carbocycles. The zero-order valence-corrected chi connectivity index (χ0v) is 14.9. The van der Waals surface area contributed by atoms with Gasteiger partial charge in [0.15, 0.2) is 0 Å². The minimum absolute atomic E-state index is 0.585. The molecule has 1 aliphatic rings. The minimum Gasteiger partial charge on any atom is -0.369 e. The van der Waals surface area contributed by atoms with E-state index in [0.717, 1.165) is 38.8 Å². The van der Waals surface area contributed by atoms with Crippen molar-refractivity contribution in [2.24, 2.45) is 0 Å². The van der Waals surface area contributed by atoms with E-state index in [4.69, 9.17) is 0 Å². The van der Waals surface area contributed by atoms with Crippen molar-refractivity contribution in [2.75, 3.05) is 31.1 Å². The molecule has 0 atom stereocenters. The highest BCUT2D eigenvalue weighted by Crippen LogP contribution is 2.32. The molecule has 0 radical (unpaired) electrons. The third kappa shape index (κ3) is 4.08. The maximum Gasteiger partial charge on any atom is 0.416 e. The van der Waals surface area contributed by atoms with Crippen LogP contribution in [0.1, 0.15) is 11.1 Å². The standard InChI is InChI=1S/C22H21F3N2/c23-22(24,25)20-6-3-7-21(15-20)27-12-10-26(11-13-27)16-17-8-9-18-4-1-2-5-19(18)14-17/h1-9,14-15H,10-13,16H2. The molecule has 0 unspecified atom stereocenters. The highest BCUT2D eigenvalue weighted by molar-refractivity contribution is 5.82. The van der Waals surface area contributed by atoms with E-state index in [1.54, 1.807) is 6.07 Å². The first kappa shape index (κ1) is 17.9. The molecule has 1 heterocycles. The van der Waals surface area contributed by atoms with E-state index < -0.39 is 11.7 Å². The Balaban J connectivity index is 1.40. The first-order valence-electron chi connectivity index (χ1n) is 9.11. The Labute approximate surface area is 156 Å². The number of piperazine rings is 1. The number of benzene rings is 3. The van der Waals surface area contributed by atoms with Gasteiger partial charge in [-0.3, -0.25) is 4.90 Å². The number of hydrogen-bond acceptors (Lipinski definition) is 2. The molecule has 2 nitrogen and oxygen atoms in total. The van der Waals surface area contributed by atoms with Crippen LogP contribution in [-0.2, 0) is 12.7 Å². The third-order valence-electron chi connectivity index (χ3n) is 5.13. The molecule has 3 aromatic carbocycles. The van der Waals surface area contributed by atoms with E-state index >= 15 is 0 Å². The summed E-state index contributed by atoms with van der Waals surface area (Å²) in [5, 5.41) is 2.47. The van der Waals surface area contributed by atoms with E-state index in [-0.39, 0.29) is 0 Å². The molecular formula is C22H21F3N2. The van der Waals surface area contributed by atoms with Crippen LogP contribution in [-0.4, -0.2) is 31.1 Å². The van der Waals surface area contributed by atoms with E-state index in [1.807, 2.05) is 17.0 Å². The second-order valence-electron chi connectivity index (χ2n) is 6.99. The molecule has 0 saturated carbocycles. The quantitative estimate of drug-likeness (QED) is 0.627. The molecule has 5 heteroatoms. The van der Waals surface area contributed by atoms with Crippen LogP contribution in [0, 0.1) is 0 Å². The fourth-order valence-corrected chi connectivity index (χ4v) is 3.64. The van der Waals surface area contributed by atoms with Gasteiger partial charge in [0.1, 0.15) is 0 Å². The van der Waals surface area contributed by atoms with Crippen LogP contribution in [0.4, 0.5) is 18.9 Å². The van der Waals surface area contributed by atoms with Crippen molar-refractivity contribution < 1.29 is 13.2 Å². The molecule has 3 aromatic rings. The van der Waals surface area contributed by atoms with Gasteiger partial charge in [-0.15, -0.1) is 0 Å². The van der Waals surface area contributed by atoms with Crippen molar-refractivity contribution in [1.82, 2.24) is 4.90 Å². The Bertz CT molecular complexity index is 928. The molecule has 0 amide bonds. The third-order valence-corrected chi connectivity index (χ3v) is 5.13. The zero-order chi connectivity index (χ0) is 18.9. The van der Waals surface area contributed by atoms with Gasteiger partial charge in [0.25, 0.3) is 0 Å². The van der Waals surface area contributed by atoms with Crippen LogP contribution in [0.2, 0.25) is 0 Å². The molecular weight excluding hydrogens is 349 g/mol. The summed E-state index contributed by atoms with van der Waals surface area (Å²) in [4.78, 5) is 4.39. The number of hydrogen-bond donors (Lipinski definition) is 0. The van der Waals surface area contributed by atoms with Gasteiger partial charge in [0, 0.05) is 38.4 Å². The predicted octanol–water partition coefficient (Wildman–Crippen LogP) is 5.18. The Morgan fingerprint density at radius 3 is 2.22 bits per heavy atom. The van der Waals surface area contributed by atoms with Gasteiger partial charge >= 0.3 is 6.18 Å². The summed E-state index contributed by atoms with van der Waals surface area (Å²) in [6.07, 6.45) is -4.30. The van der Waals surface area contributed by atoms with Gasteiger partial charge < -0.3 is 4.90 Å². The van der Waals surface area contributed by atoms with Gasteiger partial charge in [0.2, 0.25) is 0 Å². The van der Waals surface area contributed by atoms with Crippen LogP contribution in [0.25, 0.3) is 10.8 Å². The summed E-state index contributed by atoms with van der Waals surface area (Å²) in [5.41, 5.74) is 1.33. The van der Waals surface area contributed by atoms with Crippen molar-refractivity contribution in [2.45, 2.75) is 12.7 Å². The van der Waals surface area contributed by atoms with E-state index in [1.165, 1.54) is 28.5 Å². The molecule has 0 bridgehead atoms. The van der Waals surface area contributed by atoms with Gasteiger partial charge in [-0.25, -0.2) is 0 Å². The van der Waals surface area contributed by atoms with E-state index in [2.05, 4.69) is 35.2 Å². The van der Waals surface area contributed by atoms with E-state index in [9.17, 15) is 13.2 Å². The molecule has 27 heavy (non-hydrogen) atoms. The Kier molecular flexibility index (Phi) is 4.79. The van der Waals surface area contributed by atoms with Crippen LogP contribution in [0.15, 0.2) is 66.7 Å². The Morgan fingerprint density at radius 1 is 0.741 bits per heavy atom. The number of alkyl halides is 3. The lowest BCUT2D eigenvalue weighted by atomic mass is 10.1. The summed E-state index contributed by atoms with van der Waals surface area (Å²) in [6.45, 7) is 4.00. The fourth-order valence-electron chi connectivity index (χ4n) is 3.64. The summed E-state index contributed by atoms with van der Waals surface area (Å²) in [6, 6.07) is 20.4. The summed E-state index contributed by atoms with van der Waals surface area (Å²) < 4.78 is 38.8. The largest absolute Gasteiger partial charge is 0.416 e. The van der Waals surface area contributed by atoms with Gasteiger partial charge in [0.05, 0.1) is 5.56 Å². The van der Waals surface area contributed by atoms with Crippen molar-refractivity contribution in [3.63, 3.8) is 0 Å². The number of rotatable bonds is 3. The normalized spacial score (nSPS) is 16.0. The number of fused-ring (bicyclic) bond motifs is 1. The second-order valence-corrected chi connectivity index (χ2v) is 6.99. The predicted molar refractivity (Wildman–Crippen MR) is 103 cm³/mol. The first-order valence-corrected chi connectivity index (χ1v) is 9.11. The van der Waals surface area contributed by atoms with Gasteiger partial charge in [-0.05, 0) is 40.6 Å². The summed E-state index contributed by atoms with van der Waals surface area (Å²) >= 11 is 0. The lowest BCUT2D eigenvalue weighted by molar-refractivity contribution is -0.137. The van der Waals surface area contributed by atoms with Crippen LogP contribution >= 0.6 is 0 Å². The molecule has 1 saturated heterocycles. The maximum absolute atomic E-state index is 12.9. The molecule has 1 fully saturated rings. The van der Waals surface area contributed by atoms with Gasteiger partial charge in [-0.2, -0.15) is 13.2 Å². The molecule has 0 spiro atoms. The number of halogens is 3. The van der Waals surface area contributed by atoms with Crippen molar-refractivity contribution in [3.05, 3.63) is 77.9 Å². The summed E-state index contributed by atoms with van der Waals surface area (Å²) in [5.74, 6) is 0. The average molecular weight is 370 g/mol. The molecule has 0 N–H and O–H groups in total. The topological polar surface area (TPSA) is 6.48 Å². The van der Waals surface area contributed by atoms with E-state index in [0.29, 0.717) is 5.69 Å². The van der Waals surface area contributed by atoms with Crippen LogP contribution in [0.5, 0.6) is 0 Å². The van der Waals surface area contributed by atoms with Gasteiger partial charge in [-0.1, -0.05) is 42.5 Å². The smallest absolute Gasteiger partial charge is 0.369 e. The number of anilines is 1. The first-order chi connectivity index (χ1) is 13.0. The monoisotopic (exact) mass is 370 g/mol. The Hall–Kier alpha value is -2.53. The second kappa shape index (κ2) is 7.24. The SMILES string of the molecule is FC(F)(F)c1cccc(N2CCN(Cc3ccc4ccccc4c3)CC2)c1. The van der Waals surface area contributed by atoms with Crippen molar-refractivity contribution in [3.8, 4) is 0 Å².